The van der Waals surface area contributed by atoms with Crippen LogP contribution >= 0.6 is 27.5 Å². The van der Waals surface area contributed by atoms with Crippen molar-refractivity contribution in [1.29, 1.82) is 0 Å². The summed E-state index contributed by atoms with van der Waals surface area (Å²) < 4.78 is 0.988. The number of carbonyl (C=O) groups excluding carboxylic acids is 1. The first kappa shape index (κ1) is 19.9. The van der Waals surface area contributed by atoms with Crippen LogP contribution in [0.5, 0.6) is 0 Å². The van der Waals surface area contributed by atoms with Crippen molar-refractivity contribution in [2.45, 2.75) is 0 Å². The number of nitrogens with one attached hydrogen (secondary N) is 2. The van der Waals surface area contributed by atoms with Gasteiger partial charge in [0.2, 0.25) is 0 Å². The second-order valence-electron chi connectivity index (χ2n) is 6.94. The molecule has 2 heterocycles. The Hall–Kier alpha value is -2.41. The zero-order valence-electron chi connectivity index (χ0n) is 16.1. The third-order valence-corrected chi connectivity index (χ3v) is 5.69. The van der Waals surface area contributed by atoms with Crippen LogP contribution in [0.25, 0.3) is 33.1 Å². The van der Waals surface area contributed by atoms with E-state index in [1.807, 2.05) is 37.5 Å². The number of pyridine rings is 1. The van der Waals surface area contributed by atoms with Gasteiger partial charge in [-0.25, -0.2) is 4.98 Å². The van der Waals surface area contributed by atoms with Crippen molar-refractivity contribution in [2.24, 2.45) is 0 Å². The van der Waals surface area contributed by atoms with E-state index < -0.39 is 0 Å². The van der Waals surface area contributed by atoms with Crippen molar-refractivity contribution in [2.75, 3.05) is 27.2 Å². The molecule has 7 heteroatoms. The Morgan fingerprint density at radius 1 is 1.21 bits per heavy atom. The third-order valence-electron chi connectivity index (χ3n) is 4.96. The largest absolute Gasteiger partial charge is 0.360 e. The van der Waals surface area contributed by atoms with Crippen molar-refractivity contribution in [3.05, 3.63) is 63.7 Å². The summed E-state index contributed by atoms with van der Waals surface area (Å²) in [6, 6.07) is 13.4. The van der Waals surface area contributed by atoms with Gasteiger partial charge >= 0.3 is 0 Å². The molecule has 148 valence electrons. The molecule has 2 aromatic carbocycles. The van der Waals surface area contributed by atoms with Crippen molar-refractivity contribution in [3.63, 3.8) is 0 Å². The van der Waals surface area contributed by atoms with Crippen LogP contribution in [0.3, 0.4) is 0 Å². The molecule has 0 radical (unpaired) electrons. The quantitative estimate of drug-likeness (QED) is 0.426. The summed E-state index contributed by atoms with van der Waals surface area (Å²) in [6.45, 7) is 1.32. The molecule has 29 heavy (non-hydrogen) atoms. The molecule has 0 fully saturated rings. The van der Waals surface area contributed by atoms with Gasteiger partial charge in [0.1, 0.15) is 0 Å². The average Bonchev–Trinajstić information content (AvgIpc) is 3.13. The van der Waals surface area contributed by atoms with Crippen LogP contribution in [0.15, 0.2) is 53.1 Å². The van der Waals surface area contributed by atoms with E-state index in [9.17, 15) is 4.79 Å². The van der Waals surface area contributed by atoms with Gasteiger partial charge < -0.3 is 15.2 Å². The van der Waals surface area contributed by atoms with E-state index in [1.54, 1.807) is 24.1 Å². The van der Waals surface area contributed by atoms with E-state index in [0.29, 0.717) is 17.1 Å². The molecular weight excluding hydrogens is 452 g/mol. The van der Waals surface area contributed by atoms with Crippen LogP contribution in [-0.2, 0) is 0 Å². The summed E-state index contributed by atoms with van der Waals surface area (Å²) >= 11 is 9.76. The topological polar surface area (TPSA) is 61.0 Å². The fourth-order valence-electron chi connectivity index (χ4n) is 3.40. The zero-order valence-corrected chi connectivity index (χ0v) is 18.4. The minimum absolute atomic E-state index is 0.0582. The lowest BCUT2D eigenvalue weighted by atomic mass is 10.0. The molecule has 0 atom stereocenters. The molecule has 0 aliphatic carbocycles. The van der Waals surface area contributed by atoms with E-state index in [0.717, 1.165) is 44.1 Å². The number of hydrogen-bond acceptors (Lipinski definition) is 3. The smallest absolute Gasteiger partial charge is 0.254 e. The van der Waals surface area contributed by atoms with Crippen LogP contribution < -0.4 is 5.32 Å². The van der Waals surface area contributed by atoms with E-state index in [1.165, 1.54) is 0 Å². The number of rotatable bonds is 5. The Morgan fingerprint density at radius 2 is 2.03 bits per heavy atom. The highest BCUT2D eigenvalue weighted by molar-refractivity contribution is 9.10. The average molecular weight is 472 g/mol. The van der Waals surface area contributed by atoms with Crippen LogP contribution in [-0.4, -0.2) is 48.0 Å². The maximum absolute atomic E-state index is 13.2. The summed E-state index contributed by atoms with van der Waals surface area (Å²) in [5, 5.41) is 5.45. The molecule has 4 rings (SSSR count). The molecule has 0 spiro atoms. The van der Waals surface area contributed by atoms with E-state index in [-0.39, 0.29) is 5.91 Å². The van der Waals surface area contributed by atoms with Gasteiger partial charge in [0, 0.05) is 57.7 Å². The SMILES string of the molecule is CNCCN(C)C(=O)c1cc(-c2c[nH]c3ccc(Br)cc23)nc2ccc(Cl)cc12. The van der Waals surface area contributed by atoms with Crippen molar-refractivity contribution < 1.29 is 4.79 Å². The van der Waals surface area contributed by atoms with Gasteiger partial charge in [-0.05, 0) is 49.5 Å². The molecule has 0 saturated heterocycles. The van der Waals surface area contributed by atoms with Crippen LogP contribution in [0.1, 0.15) is 10.4 Å². The molecule has 0 aliphatic heterocycles. The van der Waals surface area contributed by atoms with Gasteiger partial charge in [0.05, 0.1) is 16.8 Å². The van der Waals surface area contributed by atoms with Crippen molar-refractivity contribution >= 4 is 55.2 Å². The molecule has 2 N–H and O–H groups in total. The molecule has 0 saturated carbocycles. The summed E-state index contributed by atoms with van der Waals surface area (Å²) in [4.78, 5) is 23.0. The number of likely N-dealkylation sites (N-methyl/N-ethyl adjacent to an activating group) is 2. The second-order valence-corrected chi connectivity index (χ2v) is 8.29. The first-order valence-electron chi connectivity index (χ1n) is 9.25. The number of nitrogens with zero attached hydrogens (tertiary/aromatic N) is 2. The monoisotopic (exact) mass is 470 g/mol. The summed E-state index contributed by atoms with van der Waals surface area (Å²) in [7, 11) is 3.67. The van der Waals surface area contributed by atoms with Gasteiger partial charge in [-0.15, -0.1) is 0 Å². The number of benzene rings is 2. The third kappa shape index (κ3) is 3.88. The molecule has 2 aromatic heterocycles. The lowest BCUT2D eigenvalue weighted by Crippen LogP contribution is -2.33. The van der Waals surface area contributed by atoms with Gasteiger partial charge in [-0.1, -0.05) is 27.5 Å². The summed E-state index contributed by atoms with van der Waals surface area (Å²) in [5.41, 5.74) is 4.04. The zero-order chi connectivity index (χ0) is 20.5. The van der Waals surface area contributed by atoms with E-state index in [2.05, 4.69) is 32.3 Å². The number of amides is 1. The highest BCUT2D eigenvalue weighted by Gasteiger charge is 2.19. The van der Waals surface area contributed by atoms with Gasteiger partial charge in [-0.3, -0.25) is 4.79 Å². The second kappa shape index (κ2) is 8.14. The fraction of sp³-hybridized carbons (Fsp3) is 0.182. The Kier molecular flexibility index (Phi) is 5.58. The number of H-pyrrole nitrogens is 1. The van der Waals surface area contributed by atoms with Gasteiger partial charge in [0.15, 0.2) is 0 Å². The molecule has 0 unspecified atom stereocenters. The molecule has 0 aliphatic rings. The Bertz CT molecular complexity index is 1220. The molecule has 5 nitrogen and oxygen atoms in total. The number of aromatic nitrogens is 2. The first-order valence-corrected chi connectivity index (χ1v) is 10.4. The lowest BCUT2D eigenvalue weighted by molar-refractivity contribution is 0.0799. The highest BCUT2D eigenvalue weighted by atomic mass is 79.9. The first-order chi connectivity index (χ1) is 14.0. The fourth-order valence-corrected chi connectivity index (χ4v) is 3.94. The Labute approximate surface area is 182 Å². The predicted molar refractivity (Wildman–Crippen MR) is 123 cm³/mol. The Balaban J connectivity index is 1.91. The Morgan fingerprint density at radius 3 is 2.83 bits per heavy atom. The van der Waals surface area contributed by atoms with Crippen molar-refractivity contribution in [3.8, 4) is 11.3 Å². The van der Waals surface area contributed by atoms with E-state index >= 15 is 0 Å². The minimum Gasteiger partial charge on any atom is -0.360 e. The minimum atomic E-state index is -0.0582. The normalized spacial score (nSPS) is 11.3. The number of halogens is 2. The van der Waals surface area contributed by atoms with E-state index in [4.69, 9.17) is 16.6 Å². The predicted octanol–water partition coefficient (Wildman–Crippen LogP) is 5.09. The van der Waals surface area contributed by atoms with Crippen molar-refractivity contribution in [1.82, 2.24) is 20.2 Å². The highest BCUT2D eigenvalue weighted by Crippen LogP contribution is 2.33. The summed E-state index contributed by atoms with van der Waals surface area (Å²) in [6.07, 6.45) is 1.93. The molecular formula is C22H20BrClN4O. The molecule has 0 bridgehead atoms. The standard InChI is InChI=1S/C22H20BrClN4O/c1-25-7-8-28(2)22(29)17-11-21(27-20-6-4-14(24)10-16(17)20)18-12-26-19-5-3-13(23)9-15(18)19/h3-6,9-12,25-26H,7-8H2,1-2H3. The molecule has 4 aromatic rings. The lowest BCUT2D eigenvalue weighted by Gasteiger charge is -2.18. The van der Waals surface area contributed by atoms with Crippen LogP contribution in [0.4, 0.5) is 0 Å². The number of aromatic amines is 1. The summed E-state index contributed by atoms with van der Waals surface area (Å²) in [5.74, 6) is -0.0582. The number of hydrogen-bond donors (Lipinski definition) is 2. The number of carbonyl (C=O) groups is 1. The van der Waals surface area contributed by atoms with Crippen LogP contribution in [0.2, 0.25) is 5.02 Å². The maximum Gasteiger partial charge on any atom is 0.254 e. The molecule has 1 amide bonds. The van der Waals surface area contributed by atoms with Gasteiger partial charge in [-0.2, -0.15) is 0 Å². The maximum atomic E-state index is 13.2. The number of fused-ring (bicyclic) bond motifs is 2. The van der Waals surface area contributed by atoms with Gasteiger partial charge in [0.25, 0.3) is 5.91 Å². The van der Waals surface area contributed by atoms with Crippen LogP contribution in [0, 0.1) is 0 Å².